The van der Waals surface area contributed by atoms with Gasteiger partial charge in [-0.2, -0.15) is 0 Å². The monoisotopic (exact) mass is 301 g/mol. The zero-order valence-corrected chi connectivity index (χ0v) is 13.0. The van der Waals surface area contributed by atoms with Crippen LogP contribution in [0.15, 0.2) is 0 Å². The summed E-state index contributed by atoms with van der Waals surface area (Å²) in [5, 5.41) is 8.99. The van der Waals surface area contributed by atoms with E-state index in [0.29, 0.717) is 0 Å². The molecule has 1 saturated heterocycles. The zero-order chi connectivity index (χ0) is 16.3. The van der Waals surface area contributed by atoms with Gasteiger partial charge in [0.1, 0.15) is 5.60 Å². The number of hydrogen-bond acceptors (Lipinski definition) is 5. The summed E-state index contributed by atoms with van der Waals surface area (Å²) in [6, 6.07) is 0. The summed E-state index contributed by atoms with van der Waals surface area (Å²) in [6.45, 7) is 5.88. The minimum Gasteiger partial charge on any atom is -0.481 e. The van der Waals surface area contributed by atoms with Gasteiger partial charge in [0.05, 0.1) is 18.9 Å². The molecule has 0 radical (unpaired) electrons. The Morgan fingerprint density at radius 1 is 1.19 bits per heavy atom. The second-order valence-electron chi connectivity index (χ2n) is 6.31. The molecular formula is C14H23NO6. The van der Waals surface area contributed by atoms with Gasteiger partial charge in [0.25, 0.3) is 0 Å². The number of amides is 1. The lowest BCUT2D eigenvalue weighted by atomic mass is 9.75. The Morgan fingerprint density at radius 2 is 1.71 bits per heavy atom. The van der Waals surface area contributed by atoms with Crippen LogP contribution in [0, 0.1) is 5.41 Å². The molecule has 120 valence electrons. The van der Waals surface area contributed by atoms with Crippen LogP contribution >= 0.6 is 0 Å². The average molecular weight is 301 g/mol. The number of aliphatic carboxylic acids is 1. The zero-order valence-electron chi connectivity index (χ0n) is 13.0. The molecule has 21 heavy (non-hydrogen) atoms. The summed E-state index contributed by atoms with van der Waals surface area (Å²) in [6.07, 6.45) is -0.227. The van der Waals surface area contributed by atoms with Gasteiger partial charge >= 0.3 is 18.0 Å². The molecule has 0 atom stereocenters. The number of carbonyl (C=O) groups excluding carboxylic acids is 2. The van der Waals surface area contributed by atoms with E-state index in [-0.39, 0.29) is 32.4 Å². The van der Waals surface area contributed by atoms with Crippen molar-refractivity contribution in [2.45, 2.75) is 45.6 Å². The third kappa shape index (κ3) is 4.61. The molecule has 0 aliphatic carbocycles. The molecule has 1 fully saturated rings. The van der Waals surface area contributed by atoms with Gasteiger partial charge in [-0.3, -0.25) is 9.59 Å². The van der Waals surface area contributed by atoms with Gasteiger partial charge in [0.2, 0.25) is 0 Å². The molecule has 0 saturated carbocycles. The lowest BCUT2D eigenvalue weighted by Crippen LogP contribution is -2.49. The molecular weight excluding hydrogens is 278 g/mol. The number of hydrogen-bond donors (Lipinski definition) is 1. The fourth-order valence-corrected chi connectivity index (χ4v) is 2.40. The second kappa shape index (κ2) is 6.32. The van der Waals surface area contributed by atoms with Crippen molar-refractivity contribution in [1.29, 1.82) is 0 Å². The molecule has 1 N–H and O–H groups in total. The van der Waals surface area contributed by atoms with Crippen LogP contribution in [-0.4, -0.2) is 53.8 Å². The molecule has 1 aliphatic heterocycles. The number of rotatable bonds is 3. The van der Waals surface area contributed by atoms with E-state index < -0.39 is 29.0 Å². The molecule has 0 unspecified atom stereocenters. The maximum absolute atomic E-state index is 12.0. The Balaban J connectivity index is 2.72. The molecule has 7 heteroatoms. The van der Waals surface area contributed by atoms with Crippen molar-refractivity contribution in [3.63, 3.8) is 0 Å². The summed E-state index contributed by atoms with van der Waals surface area (Å²) in [5.74, 6) is -1.58. The first-order valence-corrected chi connectivity index (χ1v) is 6.88. The van der Waals surface area contributed by atoms with Gasteiger partial charge in [-0.25, -0.2) is 4.79 Å². The van der Waals surface area contributed by atoms with Crippen molar-refractivity contribution in [1.82, 2.24) is 4.90 Å². The predicted molar refractivity (Wildman–Crippen MR) is 73.7 cm³/mol. The van der Waals surface area contributed by atoms with Crippen LogP contribution in [-0.2, 0) is 19.1 Å². The number of carbonyl (C=O) groups is 3. The van der Waals surface area contributed by atoms with Gasteiger partial charge in [0.15, 0.2) is 0 Å². The normalized spacial score (nSPS) is 18.0. The molecule has 1 aliphatic rings. The number of piperidine rings is 1. The molecule has 0 aromatic heterocycles. The molecule has 1 rings (SSSR count). The van der Waals surface area contributed by atoms with Crippen LogP contribution in [0.3, 0.4) is 0 Å². The summed E-state index contributed by atoms with van der Waals surface area (Å²) >= 11 is 0. The Bertz CT molecular complexity index is 418. The summed E-state index contributed by atoms with van der Waals surface area (Å²) < 4.78 is 10.0. The van der Waals surface area contributed by atoms with Crippen molar-refractivity contribution in [2.24, 2.45) is 5.41 Å². The van der Waals surface area contributed by atoms with E-state index in [2.05, 4.69) is 0 Å². The van der Waals surface area contributed by atoms with E-state index in [4.69, 9.17) is 14.6 Å². The fraction of sp³-hybridized carbons (Fsp3) is 0.786. The first-order valence-electron chi connectivity index (χ1n) is 6.88. The number of esters is 1. The van der Waals surface area contributed by atoms with E-state index >= 15 is 0 Å². The molecule has 0 aromatic rings. The van der Waals surface area contributed by atoms with Gasteiger partial charge in [-0.05, 0) is 33.6 Å². The molecule has 0 spiro atoms. The fourth-order valence-electron chi connectivity index (χ4n) is 2.40. The summed E-state index contributed by atoms with van der Waals surface area (Å²) in [4.78, 5) is 36.3. The number of nitrogens with zero attached hydrogens (tertiary/aromatic N) is 1. The van der Waals surface area contributed by atoms with Crippen molar-refractivity contribution in [3.8, 4) is 0 Å². The molecule has 1 heterocycles. The van der Waals surface area contributed by atoms with E-state index in [1.165, 1.54) is 12.0 Å². The number of carboxylic acids is 1. The second-order valence-corrected chi connectivity index (χ2v) is 6.31. The van der Waals surface area contributed by atoms with Crippen molar-refractivity contribution < 1.29 is 29.0 Å². The Hall–Kier alpha value is -1.79. The van der Waals surface area contributed by atoms with Gasteiger partial charge in [-0.15, -0.1) is 0 Å². The summed E-state index contributed by atoms with van der Waals surface area (Å²) in [5.41, 5.74) is -1.64. The Labute approximate surface area is 124 Å². The number of methoxy groups -OCH3 is 1. The summed E-state index contributed by atoms with van der Waals surface area (Å²) in [7, 11) is 1.24. The highest BCUT2D eigenvalue weighted by atomic mass is 16.6. The Kier molecular flexibility index (Phi) is 5.20. The standard InChI is InChI=1S/C14H23NO6/c1-13(2,3)21-12(19)15-7-5-14(6-8-15,9-10(16)17)11(18)20-4/h5-9H2,1-4H3,(H,16,17). The van der Waals surface area contributed by atoms with Gasteiger partial charge in [-0.1, -0.05) is 0 Å². The topological polar surface area (TPSA) is 93.1 Å². The number of likely N-dealkylation sites (tertiary alicyclic amines) is 1. The van der Waals surface area contributed by atoms with E-state index in [0.717, 1.165) is 0 Å². The van der Waals surface area contributed by atoms with Crippen LogP contribution in [0.2, 0.25) is 0 Å². The van der Waals surface area contributed by atoms with Crippen molar-refractivity contribution in [2.75, 3.05) is 20.2 Å². The molecule has 0 bridgehead atoms. The Morgan fingerprint density at radius 3 is 2.10 bits per heavy atom. The smallest absolute Gasteiger partial charge is 0.410 e. The lowest BCUT2D eigenvalue weighted by Gasteiger charge is -2.39. The SMILES string of the molecule is COC(=O)C1(CC(=O)O)CCN(C(=O)OC(C)(C)C)CC1. The number of ether oxygens (including phenoxy) is 2. The van der Waals surface area contributed by atoms with Gasteiger partial charge in [0, 0.05) is 13.1 Å². The van der Waals surface area contributed by atoms with Crippen LogP contribution in [0.4, 0.5) is 4.79 Å². The van der Waals surface area contributed by atoms with Crippen molar-refractivity contribution in [3.05, 3.63) is 0 Å². The first-order chi connectivity index (χ1) is 9.59. The number of carboxylic acid groups (broad SMARTS) is 1. The maximum Gasteiger partial charge on any atom is 0.410 e. The largest absolute Gasteiger partial charge is 0.481 e. The van der Waals surface area contributed by atoms with Gasteiger partial charge < -0.3 is 19.5 Å². The predicted octanol–water partition coefficient (Wildman–Crippen LogP) is 1.65. The van der Waals surface area contributed by atoms with Crippen molar-refractivity contribution >= 4 is 18.0 Å². The maximum atomic E-state index is 12.0. The third-order valence-corrected chi connectivity index (χ3v) is 3.48. The molecule has 1 amide bonds. The minimum atomic E-state index is -1.06. The van der Waals surface area contributed by atoms with E-state index in [9.17, 15) is 14.4 Å². The van der Waals surface area contributed by atoms with Crippen LogP contribution in [0.1, 0.15) is 40.0 Å². The molecule has 0 aromatic carbocycles. The highest BCUT2D eigenvalue weighted by molar-refractivity contribution is 5.83. The highest BCUT2D eigenvalue weighted by Gasteiger charge is 2.45. The molecule has 7 nitrogen and oxygen atoms in total. The van der Waals surface area contributed by atoms with E-state index in [1.54, 1.807) is 20.8 Å². The third-order valence-electron chi connectivity index (χ3n) is 3.48. The van der Waals surface area contributed by atoms with E-state index in [1.807, 2.05) is 0 Å². The quantitative estimate of drug-likeness (QED) is 0.797. The first kappa shape index (κ1) is 17.3. The minimum absolute atomic E-state index is 0.255. The van der Waals surface area contributed by atoms with Crippen LogP contribution < -0.4 is 0 Å². The highest BCUT2D eigenvalue weighted by Crippen LogP contribution is 2.36. The average Bonchev–Trinajstić information content (AvgIpc) is 2.35. The van der Waals surface area contributed by atoms with Crippen LogP contribution in [0.5, 0.6) is 0 Å². The van der Waals surface area contributed by atoms with Crippen LogP contribution in [0.25, 0.3) is 0 Å². The lowest BCUT2D eigenvalue weighted by molar-refractivity contribution is -0.161.